The van der Waals surface area contributed by atoms with E-state index >= 15 is 0 Å². The summed E-state index contributed by atoms with van der Waals surface area (Å²) in [6.07, 6.45) is 4.67. The zero-order valence-electron chi connectivity index (χ0n) is 7.65. The van der Waals surface area contributed by atoms with Crippen molar-refractivity contribution in [1.82, 2.24) is 4.98 Å². The van der Waals surface area contributed by atoms with Gasteiger partial charge in [0.25, 0.3) is 0 Å². The first-order chi connectivity index (χ1) is 7.11. The molecule has 0 aliphatic heterocycles. The molecule has 0 spiro atoms. The monoisotopic (exact) mass is 227 g/mol. The van der Waals surface area contributed by atoms with Crippen LogP contribution in [0.4, 0.5) is 0 Å². The smallest absolute Gasteiger partial charge is 0.328 e. The van der Waals surface area contributed by atoms with Gasteiger partial charge < -0.3 is 4.42 Å². The van der Waals surface area contributed by atoms with Gasteiger partial charge >= 0.3 is 10.1 Å². The Morgan fingerprint density at radius 2 is 1.80 bits per heavy atom. The summed E-state index contributed by atoms with van der Waals surface area (Å²) in [5, 5.41) is -0.428. The van der Waals surface area contributed by atoms with Crippen molar-refractivity contribution >= 4 is 10.1 Å². The molecular formula is C9H9NO4S. The third kappa shape index (κ3) is 4.39. The lowest BCUT2D eigenvalue weighted by molar-refractivity contribution is 0.407. The van der Waals surface area contributed by atoms with Crippen molar-refractivity contribution in [2.75, 3.05) is 0 Å². The minimum atomic E-state index is -4.13. The molecule has 0 aliphatic carbocycles. The molecule has 0 amide bonds. The third-order valence-electron chi connectivity index (χ3n) is 1.32. The molecule has 2 rings (SSSR count). The van der Waals surface area contributed by atoms with Crippen molar-refractivity contribution in [3.63, 3.8) is 0 Å². The number of pyridine rings is 1. The fraction of sp³-hybridized carbons (Fsp3) is 0. The van der Waals surface area contributed by atoms with Gasteiger partial charge in [-0.25, -0.2) is 0 Å². The Labute approximate surface area is 87.1 Å². The molecule has 6 heteroatoms. The number of nitrogens with zero attached hydrogens (tertiary/aromatic N) is 1. The molecule has 0 saturated carbocycles. The van der Waals surface area contributed by atoms with Crippen LogP contribution in [0, 0.1) is 0 Å². The molecule has 0 fully saturated rings. The van der Waals surface area contributed by atoms with Gasteiger partial charge in [-0.05, 0) is 24.3 Å². The van der Waals surface area contributed by atoms with Crippen LogP contribution in [0.25, 0.3) is 0 Å². The van der Waals surface area contributed by atoms with Gasteiger partial charge in [0.1, 0.15) is 0 Å². The molecule has 2 aromatic rings. The fourth-order valence-electron chi connectivity index (χ4n) is 0.723. The van der Waals surface area contributed by atoms with E-state index in [4.69, 9.17) is 4.55 Å². The van der Waals surface area contributed by atoms with E-state index in [9.17, 15) is 8.42 Å². The minimum absolute atomic E-state index is 0.428. The molecule has 0 aliphatic rings. The molecule has 15 heavy (non-hydrogen) atoms. The van der Waals surface area contributed by atoms with Gasteiger partial charge in [0.15, 0.2) is 0 Å². The average molecular weight is 227 g/mol. The van der Waals surface area contributed by atoms with Crippen LogP contribution >= 0.6 is 0 Å². The van der Waals surface area contributed by atoms with Crippen molar-refractivity contribution < 1.29 is 17.4 Å². The zero-order chi connectivity index (χ0) is 11.1. The molecule has 0 aromatic carbocycles. The van der Waals surface area contributed by atoms with Gasteiger partial charge in [0, 0.05) is 12.4 Å². The van der Waals surface area contributed by atoms with E-state index in [2.05, 4.69) is 9.40 Å². The second kappa shape index (κ2) is 5.28. The summed E-state index contributed by atoms with van der Waals surface area (Å²) in [5.41, 5.74) is 0. The minimum Gasteiger partial charge on any atom is -0.451 e. The lowest BCUT2D eigenvalue weighted by Gasteiger charge is -1.84. The fourth-order valence-corrected chi connectivity index (χ4v) is 1.15. The second-order valence-electron chi connectivity index (χ2n) is 2.43. The van der Waals surface area contributed by atoms with E-state index < -0.39 is 15.2 Å². The van der Waals surface area contributed by atoms with Gasteiger partial charge in [-0.1, -0.05) is 6.07 Å². The van der Waals surface area contributed by atoms with Gasteiger partial charge in [0.2, 0.25) is 5.09 Å². The molecule has 80 valence electrons. The van der Waals surface area contributed by atoms with E-state index in [-0.39, 0.29) is 0 Å². The number of rotatable bonds is 1. The Morgan fingerprint density at radius 3 is 2.00 bits per heavy atom. The summed E-state index contributed by atoms with van der Waals surface area (Å²) in [6, 6.07) is 8.26. The highest BCUT2D eigenvalue weighted by Crippen LogP contribution is 2.06. The Balaban J connectivity index is 0.000000162. The number of hydrogen-bond acceptors (Lipinski definition) is 4. The van der Waals surface area contributed by atoms with Gasteiger partial charge in [-0.3, -0.25) is 9.54 Å². The number of hydrogen-bond donors (Lipinski definition) is 1. The lowest BCUT2D eigenvalue weighted by atomic mass is 10.5. The van der Waals surface area contributed by atoms with E-state index in [1.54, 1.807) is 12.4 Å². The Kier molecular flexibility index (Phi) is 4.02. The molecule has 0 radical (unpaired) electrons. The molecule has 2 heterocycles. The van der Waals surface area contributed by atoms with Crippen LogP contribution in [0.1, 0.15) is 0 Å². The van der Waals surface area contributed by atoms with Crippen molar-refractivity contribution in [2.24, 2.45) is 0 Å². The molecule has 0 bridgehead atoms. The highest BCUT2D eigenvalue weighted by Gasteiger charge is 2.10. The van der Waals surface area contributed by atoms with Crippen LogP contribution in [-0.4, -0.2) is 18.0 Å². The van der Waals surface area contributed by atoms with Crippen LogP contribution in [0.5, 0.6) is 0 Å². The quantitative estimate of drug-likeness (QED) is 0.748. The largest absolute Gasteiger partial charge is 0.451 e. The van der Waals surface area contributed by atoms with Crippen molar-refractivity contribution in [3.05, 3.63) is 49.0 Å². The summed E-state index contributed by atoms with van der Waals surface area (Å²) in [7, 11) is -4.13. The highest BCUT2D eigenvalue weighted by molar-refractivity contribution is 7.85. The summed E-state index contributed by atoms with van der Waals surface area (Å²) in [5.74, 6) is 0. The first kappa shape index (κ1) is 11.4. The highest BCUT2D eigenvalue weighted by atomic mass is 32.2. The molecule has 5 nitrogen and oxygen atoms in total. The van der Waals surface area contributed by atoms with E-state index in [1.807, 2.05) is 18.2 Å². The first-order valence-electron chi connectivity index (χ1n) is 3.96. The predicted molar refractivity (Wildman–Crippen MR) is 52.8 cm³/mol. The molecule has 0 saturated heterocycles. The standard InChI is InChI=1S/C5H5N.C4H4O4S/c1-2-4-6-5-3-1;5-9(6,7)4-2-1-3-8-4/h1-5H;1-3H,(H,5,6,7). The van der Waals surface area contributed by atoms with Gasteiger partial charge in [-0.2, -0.15) is 8.42 Å². The molecule has 1 N–H and O–H groups in total. The topological polar surface area (TPSA) is 80.4 Å². The van der Waals surface area contributed by atoms with E-state index in [1.165, 1.54) is 12.3 Å². The predicted octanol–water partition coefficient (Wildman–Crippen LogP) is 1.61. The van der Waals surface area contributed by atoms with E-state index in [0.717, 1.165) is 6.07 Å². The lowest BCUT2D eigenvalue weighted by Crippen LogP contribution is -1.94. The Bertz CT molecular complexity index is 437. The van der Waals surface area contributed by atoms with Crippen molar-refractivity contribution in [2.45, 2.75) is 5.09 Å². The SMILES string of the molecule is O=S(=O)(O)c1ccco1.c1ccncc1. The van der Waals surface area contributed by atoms with Crippen LogP contribution in [0.15, 0.2) is 58.5 Å². The van der Waals surface area contributed by atoms with Crippen LogP contribution in [-0.2, 0) is 10.1 Å². The molecule has 0 unspecified atom stereocenters. The first-order valence-corrected chi connectivity index (χ1v) is 5.40. The second-order valence-corrected chi connectivity index (χ2v) is 3.78. The summed E-state index contributed by atoms with van der Waals surface area (Å²) < 4.78 is 32.9. The summed E-state index contributed by atoms with van der Waals surface area (Å²) in [4.78, 5) is 3.78. The van der Waals surface area contributed by atoms with Crippen LogP contribution < -0.4 is 0 Å². The van der Waals surface area contributed by atoms with Crippen molar-refractivity contribution in [1.29, 1.82) is 0 Å². The van der Waals surface area contributed by atoms with Crippen LogP contribution in [0.2, 0.25) is 0 Å². The molecule has 2 aromatic heterocycles. The summed E-state index contributed by atoms with van der Waals surface area (Å²) in [6.45, 7) is 0. The number of furan rings is 1. The average Bonchev–Trinajstić information content (AvgIpc) is 2.73. The van der Waals surface area contributed by atoms with Gasteiger partial charge in [0.05, 0.1) is 6.26 Å². The number of aromatic nitrogens is 1. The molecule has 0 atom stereocenters. The zero-order valence-corrected chi connectivity index (χ0v) is 8.46. The molecular weight excluding hydrogens is 218 g/mol. The maximum absolute atomic E-state index is 10.2. The van der Waals surface area contributed by atoms with Gasteiger partial charge in [-0.15, -0.1) is 0 Å². The summed E-state index contributed by atoms with van der Waals surface area (Å²) >= 11 is 0. The Morgan fingerprint density at radius 1 is 1.13 bits per heavy atom. The van der Waals surface area contributed by atoms with Crippen LogP contribution in [0.3, 0.4) is 0 Å². The normalized spacial score (nSPS) is 10.2. The van der Waals surface area contributed by atoms with E-state index in [0.29, 0.717) is 0 Å². The maximum atomic E-state index is 10.2. The third-order valence-corrected chi connectivity index (χ3v) is 2.06. The Hall–Kier alpha value is -1.66. The van der Waals surface area contributed by atoms with Crippen molar-refractivity contribution in [3.8, 4) is 0 Å². The maximum Gasteiger partial charge on any atom is 0.328 e.